The van der Waals surface area contributed by atoms with Crippen LogP contribution >= 0.6 is 22.6 Å². The second-order valence-electron chi connectivity index (χ2n) is 5.30. The van der Waals surface area contributed by atoms with Gasteiger partial charge in [0.2, 0.25) is 0 Å². The van der Waals surface area contributed by atoms with E-state index in [1.807, 2.05) is 38.1 Å². The van der Waals surface area contributed by atoms with Crippen LogP contribution in [0, 0.1) is 3.57 Å². The lowest BCUT2D eigenvalue weighted by Gasteiger charge is -2.16. The van der Waals surface area contributed by atoms with Crippen LogP contribution in [0.25, 0.3) is 0 Å². The number of hydrogen-bond donors (Lipinski definition) is 1. The van der Waals surface area contributed by atoms with Gasteiger partial charge in [-0.15, -0.1) is 0 Å². The average Bonchev–Trinajstić information content (AvgIpc) is 2.55. The zero-order chi connectivity index (χ0) is 17.7. The molecule has 0 aromatic heterocycles. The number of halogens is 1. The summed E-state index contributed by atoms with van der Waals surface area (Å²) in [5, 5.41) is 2.90. The summed E-state index contributed by atoms with van der Waals surface area (Å²) in [6.07, 6.45) is 0.0178. The second kappa shape index (κ2) is 8.23. The number of para-hydroxylation sites is 2. The molecular weight excluding hydrogens is 421 g/mol. The van der Waals surface area contributed by atoms with Gasteiger partial charge in [-0.25, -0.2) is 0 Å². The standard InChI is InChI=1S/C18H20INO4/c1-11(2)24-15-8-6-5-7-14(15)20-18(21)12-9-16(22-3)17(23-4)10-13(12)19/h5-11H,1-4H3,(H,20,21). The molecule has 1 amide bonds. The van der Waals surface area contributed by atoms with Crippen molar-refractivity contribution in [2.24, 2.45) is 0 Å². The Labute approximate surface area is 155 Å². The van der Waals surface area contributed by atoms with Crippen LogP contribution in [0.15, 0.2) is 36.4 Å². The number of hydrogen-bond acceptors (Lipinski definition) is 4. The van der Waals surface area contributed by atoms with Gasteiger partial charge in [-0.3, -0.25) is 4.79 Å². The number of carbonyl (C=O) groups excluding carboxylic acids is 1. The van der Waals surface area contributed by atoms with Crippen molar-refractivity contribution in [3.63, 3.8) is 0 Å². The summed E-state index contributed by atoms with van der Waals surface area (Å²) >= 11 is 2.10. The summed E-state index contributed by atoms with van der Waals surface area (Å²) in [6, 6.07) is 10.8. The summed E-state index contributed by atoms with van der Waals surface area (Å²) in [4.78, 5) is 12.7. The molecule has 0 heterocycles. The maximum Gasteiger partial charge on any atom is 0.256 e. The Bertz CT molecular complexity index is 731. The van der Waals surface area contributed by atoms with Gasteiger partial charge in [0.25, 0.3) is 5.91 Å². The highest BCUT2D eigenvalue weighted by Crippen LogP contribution is 2.32. The first-order chi connectivity index (χ1) is 11.5. The summed E-state index contributed by atoms with van der Waals surface area (Å²) in [5.41, 5.74) is 1.13. The minimum absolute atomic E-state index is 0.0178. The molecule has 0 bridgehead atoms. The van der Waals surface area contributed by atoms with Crippen molar-refractivity contribution in [1.29, 1.82) is 0 Å². The molecular formula is C18H20INO4. The second-order valence-corrected chi connectivity index (χ2v) is 6.47. The zero-order valence-electron chi connectivity index (χ0n) is 14.1. The van der Waals surface area contributed by atoms with Crippen molar-refractivity contribution >= 4 is 34.2 Å². The SMILES string of the molecule is COc1cc(I)c(C(=O)Nc2ccccc2OC(C)C)cc1OC. The maximum absolute atomic E-state index is 12.7. The van der Waals surface area contributed by atoms with Gasteiger partial charge in [0.05, 0.1) is 31.6 Å². The monoisotopic (exact) mass is 441 g/mol. The molecule has 0 fully saturated rings. The Balaban J connectivity index is 2.31. The molecule has 5 nitrogen and oxygen atoms in total. The Morgan fingerprint density at radius 1 is 1.04 bits per heavy atom. The molecule has 0 atom stereocenters. The third-order valence-electron chi connectivity index (χ3n) is 3.22. The van der Waals surface area contributed by atoms with Gasteiger partial charge in [0.1, 0.15) is 5.75 Å². The molecule has 0 unspecified atom stereocenters. The van der Waals surface area contributed by atoms with Crippen LogP contribution in [-0.4, -0.2) is 26.2 Å². The smallest absolute Gasteiger partial charge is 0.256 e. The minimum atomic E-state index is -0.236. The molecule has 6 heteroatoms. The molecule has 128 valence electrons. The topological polar surface area (TPSA) is 56.8 Å². The van der Waals surface area contributed by atoms with E-state index in [0.29, 0.717) is 28.5 Å². The highest BCUT2D eigenvalue weighted by molar-refractivity contribution is 14.1. The molecule has 1 N–H and O–H groups in total. The number of ether oxygens (including phenoxy) is 3. The van der Waals surface area contributed by atoms with E-state index < -0.39 is 0 Å². The summed E-state index contributed by atoms with van der Waals surface area (Å²) in [5.74, 6) is 1.49. The van der Waals surface area contributed by atoms with Crippen LogP contribution in [0.5, 0.6) is 17.2 Å². The number of carbonyl (C=O) groups is 1. The van der Waals surface area contributed by atoms with Crippen LogP contribution < -0.4 is 19.5 Å². The van der Waals surface area contributed by atoms with Gasteiger partial charge in [-0.05, 0) is 60.7 Å². The maximum atomic E-state index is 12.7. The molecule has 0 radical (unpaired) electrons. The lowest BCUT2D eigenvalue weighted by atomic mass is 10.1. The molecule has 2 aromatic carbocycles. The van der Waals surface area contributed by atoms with Crippen LogP contribution in [0.2, 0.25) is 0 Å². The van der Waals surface area contributed by atoms with E-state index in [-0.39, 0.29) is 12.0 Å². The number of benzene rings is 2. The summed E-state index contributed by atoms with van der Waals surface area (Å²) in [7, 11) is 3.10. The van der Waals surface area contributed by atoms with Crippen molar-refractivity contribution in [2.75, 3.05) is 19.5 Å². The fourth-order valence-electron chi connectivity index (χ4n) is 2.14. The van der Waals surface area contributed by atoms with Crippen molar-refractivity contribution in [1.82, 2.24) is 0 Å². The lowest BCUT2D eigenvalue weighted by molar-refractivity contribution is 0.102. The van der Waals surface area contributed by atoms with E-state index in [1.54, 1.807) is 19.2 Å². The van der Waals surface area contributed by atoms with E-state index in [0.717, 1.165) is 3.57 Å². The van der Waals surface area contributed by atoms with Gasteiger partial charge in [0, 0.05) is 3.57 Å². The van der Waals surface area contributed by atoms with Gasteiger partial charge in [-0.1, -0.05) is 12.1 Å². The number of rotatable bonds is 6. The quantitative estimate of drug-likeness (QED) is 0.678. The third kappa shape index (κ3) is 4.31. The molecule has 0 saturated carbocycles. The van der Waals surface area contributed by atoms with Crippen LogP contribution in [0.3, 0.4) is 0 Å². The van der Waals surface area contributed by atoms with Gasteiger partial charge < -0.3 is 19.5 Å². The van der Waals surface area contributed by atoms with Gasteiger partial charge in [0.15, 0.2) is 11.5 Å². The van der Waals surface area contributed by atoms with Crippen molar-refractivity contribution in [2.45, 2.75) is 20.0 Å². The normalized spacial score (nSPS) is 10.4. The Hall–Kier alpha value is -1.96. The summed E-state index contributed by atoms with van der Waals surface area (Å²) in [6.45, 7) is 3.88. The van der Waals surface area contributed by atoms with Crippen LogP contribution in [0.1, 0.15) is 24.2 Å². The molecule has 0 spiro atoms. The largest absolute Gasteiger partial charge is 0.493 e. The molecule has 0 aliphatic rings. The predicted molar refractivity (Wildman–Crippen MR) is 102 cm³/mol. The molecule has 0 aliphatic carbocycles. The molecule has 0 saturated heterocycles. The number of methoxy groups -OCH3 is 2. The average molecular weight is 441 g/mol. The number of amides is 1. The fraction of sp³-hybridized carbons (Fsp3) is 0.278. The molecule has 24 heavy (non-hydrogen) atoms. The van der Waals surface area contributed by atoms with Crippen molar-refractivity contribution in [3.8, 4) is 17.2 Å². The number of anilines is 1. The third-order valence-corrected chi connectivity index (χ3v) is 4.11. The molecule has 0 aliphatic heterocycles. The van der Waals surface area contributed by atoms with E-state index in [1.165, 1.54) is 7.11 Å². The number of nitrogens with one attached hydrogen (secondary N) is 1. The first-order valence-electron chi connectivity index (χ1n) is 7.44. The van der Waals surface area contributed by atoms with Crippen molar-refractivity contribution in [3.05, 3.63) is 45.5 Å². The van der Waals surface area contributed by atoms with E-state index in [2.05, 4.69) is 27.9 Å². The minimum Gasteiger partial charge on any atom is -0.493 e. The Morgan fingerprint density at radius 2 is 1.67 bits per heavy atom. The fourth-order valence-corrected chi connectivity index (χ4v) is 2.83. The highest BCUT2D eigenvalue weighted by atomic mass is 127. The predicted octanol–water partition coefficient (Wildman–Crippen LogP) is 4.35. The molecule has 2 rings (SSSR count). The van der Waals surface area contributed by atoms with E-state index >= 15 is 0 Å². The Kier molecular flexibility index (Phi) is 6.30. The van der Waals surface area contributed by atoms with Crippen LogP contribution in [-0.2, 0) is 0 Å². The Morgan fingerprint density at radius 3 is 2.29 bits per heavy atom. The van der Waals surface area contributed by atoms with Gasteiger partial charge in [-0.2, -0.15) is 0 Å². The van der Waals surface area contributed by atoms with E-state index in [4.69, 9.17) is 14.2 Å². The van der Waals surface area contributed by atoms with Gasteiger partial charge >= 0.3 is 0 Å². The molecule has 2 aromatic rings. The van der Waals surface area contributed by atoms with Crippen molar-refractivity contribution < 1.29 is 19.0 Å². The first-order valence-corrected chi connectivity index (χ1v) is 8.52. The van der Waals surface area contributed by atoms with E-state index in [9.17, 15) is 4.79 Å². The zero-order valence-corrected chi connectivity index (χ0v) is 16.2. The lowest BCUT2D eigenvalue weighted by Crippen LogP contribution is -2.16. The first kappa shape index (κ1) is 18.4. The van der Waals surface area contributed by atoms with Crippen LogP contribution in [0.4, 0.5) is 5.69 Å². The highest BCUT2D eigenvalue weighted by Gasteiger charge is 2.17. The summed E-state index contributed by atoms with van der Waals surface area (Å²) < 4.78 is 17.0.